The van der Waals surface area contributed by atoms with E-state index < -0.39 is 5.91 Å². The lowest BCUT2D eigenvalue weighted by Crippen LogP contribution is -2.18. The van der Waals surface area contributed by atoms with Crippen molar-refractivity contribution in [1.82, 2.24) is 15.0 Å². The second-order valence-corrected chi connectivity index (χ2v) is 5.56. The van der Waals surface area contributed by atoms with Crippen LogP contribution in [0.5, 0.6) is 0 Å². The molecule has 2 heterocycles. The summed E-state index contributed by atoms with van der Waals surface area (Å²) < 4.78 is 3.00. The molecule has 0 spiro atoms. The number of hydroxylamine groups is 1. The molecule has 0 fully saturated rings. The number of amides is 1. The van der Waals surface area contributed by atoms with Gasteiger partial charge in [0.15, 0.2) is 0 Å². The second kappa shape index (κ2) is 5.67. The number of benzene rings is 1. The van der Waals surface area contributed by atoms with Gasteiger partial charge in [-0.05, 0) is 45.8 Å². The van der Waals surface area contributed by atoms with Gasteiger partial charge in [-0.25, -0.2) is 10.5 Å². The maximum atomic E-state index is 11.3. The Morgan fingerprint density at radius 1 is 1.29 bits per heavy atom. The monoisotopic (exact) mass is 345 g/mol. The number of pyridine rings is 1. The van der Waals surface area contributed by atoms with Crippen molar-refractivity contribution >= 4 is 32.9 Å². The van der Waals surface area contributed by atoms with Crippen LogP contribution in [0.4, 0.5) is 0 Å². The summed E-state index contributed by atoms with van der Waals surface area (Å²) in [5.74, 6) is -0.514. The summed E-state index contributed by atoms with van der Waals surface area (Å²) in [6.45, 7) is 0.666. The summed E-state index contributed by atoms with van der Waals surface area (Å²) in [4.78, 5) is 15.7. The number of carbonyl (C=O) groups is 1. The molecule has 0 radical (unpaired) electrons. The smallest absolute Gasteiger partial charge is 0.274 e. The largest absolute Gasteiger partial charge is 0.328 e. The Labute approximate surface area is 129 Å². The molecular formula is C15H12BrN3O2. The molecule has 0 aliphatic carbocycles. The first-order chi connectivity index (χ1) is 10.2. The Kier molecular flexibility index (Phi) is 3.72. The van der Waals surface area contributed by atoms with Gasteiger partial charge in [-0.15, -0.1) is 0 Å². The van der Waals surface area contributed by atoms with E-state index >= 15 is 0 Å². The van der Waals surface area contributed by atoms with Crippen LogP contribution < -0.4 is 5.48 Å². The molecule has 6 heteroatoms. The third-order valence-corrected chi connectivity index (χ3v) is 3.67. The number of nitrogens with one attached hydrogen (secondary N) is 1. The van der Waals surface area contributed by atoms with Crippen molar-refractivity contribution in [3.8, 4) is 0 Å². The quantitative estimate of drug-likeness (QED) is 0.566. The summed E-state index contributed by atoms with van der Waals surface area (Å²) in [5.41, 5.74) is 3.99. The molecule has 0 aliphatic heterocycles. The van der Waals surface area contributed by atoms with Gasteiger partial charge in [0, 0.05) is 34.4 Å². The Balaban J connectivity index is 1.86. The zero-order valence-corrected chi connectivity index (χ0v) is 12.5. The minimum atomic E-state index is -0.514. The van der Waals surface area contributed by atoms with E-state index in [0.29, 0.717) is 12.1 Å². The van der Waals surface area contributed by atoms with Crippen LogP contribution in [0.2, 0.25) is 0 Å². The van der Waals surface area contributed by atoms with E-state index in [2.05, 4.69) is 20.9 Å². The van der Waals surface area contributed by atoms with Gasteiger partial charge in [0.25, 0.3) is 5.91 Å². The first-order valence-electron chi connectivity index (χ1n) is 6.31. The van der Waals surface area contributed by atoms with E-state index in [1.54, 1.807) is 23.8 Å². The topological polar surface area (TPSA) is 67.2 Å². The maximum Gasteiger partial charge on any atom is 0.274 e. The minimum Gasteiger partial charge on any atom is -0.328 e. The fourth-order valence-corrected chi connectivity index (χ4v) is 2.55. The van der Waals surface area contributed by atoms with Gasteiger partial charge in [0.2, 0.25) is 0 Å². The molecule has 106 valence electrons. The lowest BCUT2D eigenvalue weighted by Gasteiger charge is -2.06. The van der Waals surface area contributed by atoms with E-state index in [1.807, 2.05) is 35.0 Å². The highest BCUT2D eigenvalue weighted by Crippen LogP contribution is 2.19. The number of carbonyl (C=O) groups excluding carboxylic acids is 1. The molecule has 1 aromatic carbocycles. The van der Waals surface area contributed by atoms with Gasteiger partial charge in [-0.2, -0.15) is 0 Å². The van der Waals surface area contributed by atoms with Crippen molar-refractivity contribution in [2.45, 2.75) is 6.54 Å². The van der Waals surface area contributed by atoms with Crippen LogP contribution in [0.25, 0.3) is 11.0 Å². The Morgan fingerprint density at radius 3 is 2.76 bits per heavy atom. The predicted octanol–water partition coefficient (Wildman–Crippen LogP) is 2.97. The summed E-state index contributed by atoms with van der Waals surface area (Å²) in [6, 6.07) is 11.1. The zero-order chi connectivity index (χ0) is 14.8. The first kappa shape index (κ1) is 13.8. The minimum absolute atomic E-state index is 0.417. The Hall–Kier alpha value is -2.18. The predicted molar refractivity (Wildman–Crippen MR) is 82.2 cm³/mol. The van der Waals surface area contributed by atoms with Crippen molar-refractivity contribution in [2.24, 2.45) is 0 Å². The number of rotatable bonds is 3. The van der Waals surface area contributed by atoms with Crippen LogP contribution in [0, 0.1) is 0 Å². The lowest BCUT2D eigenvalue weighted by atomic mass is 10.1. The van der Waals surface area contributed by atoms with Gasteiger partial charge in [-0.3, -0.25) is 10.0 Å². The summed E-state index contributed by atoms with van der Waals surface area (Å²) >= 11 is 3.41. The molecular weight excluding hydrogens is 334 g/mol. The average Bonchev–Trinajstić information content (AvgIpc) is 2.89. The number of aromatic nitrogens is 2. The van der Waals surface area contributed by atoms with Gasteiger partial charge in [-0.1, -0.05) is 12.1 Å². The van der Waals surface area contributed by atoms with E-state index in [0.717, 1.165) is 21.1 Å². The molecule has 2 N–H and O–H groups in total. The van der Waals surface area contributed by atoms with E-state index in [-0.39, 0.29) is 0 Å². The van der Waals surface area contributed by atoms with Crippen LogP contribution in [0.1, 0.15) is 15.9 Å². The number of fused-ring (bicyclic) bond motifs is 1. The molecule has 5 nitrogen and oxygen atoms in total. The number of nitrogens with zero attached hydrogens (tertiary/aromatic N) is 2. The molecule has 3 aromatic rings. The molecule has 0 saturated heterocycles. The van der Waals surface area contributed by atoms with E-state index in [9.17, 15) is 4.79 Å². The SMILES string of the molecule is O=C(NO)c1ccc(Cn2ccc3cc(Br)cnc32)cc1. The zero-order valence-electron chi connectivity index (χ0n) is 11.0. The highest BCUT2D eigenvalue weighted by molar-refractivity contribution is 9.10. The Morgan fingerprint density at radius 2 is 2.05 bits per heavy atom. The molecule has 0 saturated carbocycles. The van der Waals surface area contributed by atoms with Gasteiger partial charge < -0.3 is 4.57 Å². The number of hydrogen-bond donors (Lipinski definition) is 2. The molecule has 3 rings (SSSR count). The number of halogens is 1. The molecule has 0 bridgehead atoms. The third-order valence-electron chi connectivity index (χ3n) is 3.24. The fourth-order valence-electron chi connectivity index (χ4n) is 2.20. The average molecular weight is 346 g/mol. The van der Waals surface area contributed by atoms with Crippen molar-refractivity contribution in [2.75, 3.05) is 0 Å². The van der Waals surface area contributed by atoms with Crippen molar-refractivity contribution in [3.63, 3.8) is 0 Å². The summed E-state index contributed by atoms with van der Waals surface area (Å²) in [6.07, 6.45) is 3.76. The molecule has 0 aliphatic rings. The van der Waals surface area contributed by atoms with Crippen molar-refractivity contribution in [3.05, 3.63) is 64.4 Å². The highest BCUT2D eigenvalue weighted by Gasteiger charge is 2.06. The highest BCUT2D eigenvalue weighted by atomic mass is 79.9. The molecule has 21 heavy (non-hydrogen) atoms. The van der Waals surface area contributed by atoms with Crippen LogP contribution in [0.15, 0.2) is 53.3 Å². The molecule has 1 amide bonds. The van der Waals surface area contributed by atoms with Crippen molar-refractivity contribution < 1.29 is 10.0 Å². The van der Waals surface area contributed by atoms with Crippen LogP contribution in [-0.4, -0.2) is 20.7 Å². The lowest BCUT2D eigenvalue weighted by molar-refractivity contribution is 0.0706. The van der Waals surface area contributed by atoms with Gasteiger partial charge in [0.1, 0.15) is 5.65 Å². The van der Waals surface area contributed by atoms with E-state index in [4.69, 9.17) is 5.21 Å². The van der Waals surface area contributed by atoms with E-state index in [1.165, 1.54) is 0 Å². The maximum absolute atomic E-state index is 11.3. The number of hydrogen-bond acceptors (Lipinski definition) is 3. The fraction of sp³-hybridized carbons (Fsp3) is 0.0667. The third kappa shape index (κ3) is 2.81. The normalized spacial score (nSPS) is 10.8. The van der Waals surface area contributed by atoms with Crippen LogP contribution >= 0.6 is 15.9 Å². The standard InChI is InChI=1S/C15H12BrN3O2/c16-13-7-12-5-6-19(14(12)17-8-13)9-10-1-3-11(4-2-10)15(20)18-21/h1-8,21H,9H2,(H,18,20). The molecule has 0 unspecified atom stereocenters. The molecule has 0 atom stereocenters. The second-order valence-electron chi connectivity index (χ2n) is 4.65. The van der Waals surface area contributed by atoms with Crippen LogP contribution in [0.3, 0.4) is 0 Å². The summed E-state index contributed by atoms with van der Waals surface area (Å²) in [5, 5.41) is 9.66. The van der Waals surface area contributed by atoms with Crippen LogP contribution in [-0.2, 0) is 6.54 Å². The van der Waals surface area contributed by atoms with Gasteiger partial charge in [0.05, 0.1) is 0 Å². The molecule has 2 aromatic heterocycles. The van der Waals surface area contributed by atoms with Crippen molar-refractivity contribution in [1.29, 1.82) is 0 Å². The first-order valence-corrected chi connectivity index (χ1v) is 7.10. The Bertz CT molecular complexity index is 796. The van der Waals surface area contributed by atoms with Gasteiger partial charge >= 0.3 is 0 Å². The summed E-state index contributed by atoms with van der Waals surface area (Å²) in [7, 11) is 0.